The Morgan fingerprint density at radius 2 is 1.78 bits per heavy atom. The third kappa shape index (κ3) is 7.68. The van der Waals surface area contributed by atoms with E-state index in [1.807, 2.05) is 18.2 Å². The summed E-state index contributed by atoms with van der Waals surface area (Å²) in [5.41, 5.74) is 8.81. The molecular formula is C25H27N7O3S. The molecule has 0 aliphatic carbocycles. The number of ether oxygens (including phenoxy) is 1. The van der Waals surface area contributed by atoms with Gasteiger partial charge in [0.05, 0.1) is 23.6 Å². The molecule has 186 valence electrons. The summed E-state index contributed by atoms with van der Waals surface area (Å²) in [6.45, 7) is 7.05. The predicted octanol–water partition coefficient (Wildman–Crippen LogP) is 4.27. The number of amides is 2. The highest BCUT2D eigenvalue weighted by Gasteiger charge is 2.17. The van der Waals surface area contributed by atoms with Crippen molar-refractivity contribution in [3.8, 4) is 17.3 Å². The molecule has 2 heterocycles. The number of nitrogens with one attached hydrogen (secondary N) is 2. The van der Waals surface area contributed by atoms with E-state index < -0.39 is 11.7 Å². The maximum atomic E-state index is 11.9. The lowest BCUT2D eigenvalue weighted by Gasteiger charge is -2.19. The zero-order chi connectivity index (χ0) is 26.3. The van der Waals surface area contributed by atoms with Gasteiger partial charge >= 0.3 is 6.09 Å². The van der Waals surface area contributed by atoms with E-state index in [1.165, 1.54) is 18.7 Å². The Hall–Kier alpha value is -4.17. The van der Waals surface area contributed by atoms with Crippen LogP contribution in [0.1, 0.15) is 44.6 Å². The summed E-state index contributed by atoms with van der Waals surface area (Å²) in [4.78, 5) is 36.5. The van der Waals surface area contributed by atoms with E-state index in [0.29, 0.717) is 33.5 Å². The number of thioether (sulfide) groups is 1. The standard InChI is InChI=1S/C25H27N7O3S/c1-15(33)29-17-10-8-16(9-11-17)21-20(12-26)22(27)32-23(31-21)36-14-19-7-5-6-18(30-19)13-28-24(34)35-25(2,3)4/h5-11H,13-14H2,1-4H3,(H,28,34)(H,29,33)(H2,27,31,32). The molecule has 0 fully saturated rings. The number of nitrogens with two attached hydrogens (primary N) is 1. The van der Waals surface area contributed by atoms with Crippen LogP contribution in [0.2, 0.25) is 0 Å². The SMILES string of the molecule is CC(=O)Nc1ccc(-c2nc(SCc3cccc(CNC(=O)OC(C)(C)C)n3)nc(N)c2C#N)cc1. The van der Waals surface area contributed by atoms with Gasteiger partial charge in [-0.2, -0.15) is 5.26 Å². The summed E-state index contributed by atoms with van der Waals surface area (Å²) in [7, 11) is 0. The molecule has 2 aromatic heterocycles. The molecule has 0 saturated carbocycles. The monoisotopic (exact) mass is 505 g/mol. The van der Waals surface area contributed by atoms with Crippen molar-refractivity contribution in [2.75, 3.05) is 11.1 Å². The summed E-state index contributed by atoms with van der Waals surface area (Å²) >= 11 is 1.33. The molecule has 0 atom stereocenters. The van der Waals surface area contributed by atoms with Crippen molar-refractivity contribution in [2.24, 2.45) is 0 Å². The van der Waals surface area contributed by atoms with E-state index >= 15 is 0 Å². The van der Waals surface area contributed by atoms with Crippen LogP contribution in [0.4, 0.5) is 16.3 Å². The minimum Gasteiger partial charge on any atom is -0.444 e. The second-order valence-electron chi connectivity index (χ2n) is 8.75. The molecule has 11 heteroatoms. The van der Waals surface area contributed by atoms with Crippen molar-refractivity contribution in [3.63, 3.8) is 0 Å². The summed E-state index contributed by atoms with van der Waals surface area (Å²) in [6, 6.07) is 14.6. The number of carbonyl (C=O) groups excluding carboxylic acids is 2. The average molecular weight is 506 g/mol. The fourth-order valence-corrected chi connectivity index (χ4v) is 3.84. The Labute approximate surface area is 213 Å². The van der Waals surface area contributed by atoms with Crippen molar-refractivity contribution in [1.82, 2.24) is 20.3 Å². The van der Waals surface area contributed by atoms with E-state index in [1.54, 1.807) is 45.0 Å². The van der Waals surface area contributed by atoms with Gasteiger partial charge in [0.25, 0.3) is 0 Å². The quantitative estimate of drug-likeness (QED) is 0.315. The molecule has 0 radical (unpaired) electrons. The first-order chi connectivity index (χ1) is 17.0. The van der Waals surface area contributed by atoms with Gasteiger partial charge in [-0.15, -0.1) is 0 Å². The van der Waals surface area contributed by atoms with Crippen LogP contribution < -0.4 is 16.4 Å². The number of benzene rings is 1. The Bertz CT molecular complexity index is 1300. The summed E-state index contributed by atoms with van der Waals surface area (Å²) in [6.07, 6.45) is -0.511. The number of aromatic nitrogens is 3. The van der Waals surface area contributed by atoms with Crippen molar-refractivity contribution < 1.29 is 14.3 Å². The first kappa shape index (κ1) is 26.4. The molecule has 3 rings (SSSR count). The minimum absolute atomic E-state index is 0.0826. The molecule has 2 amide bonds. The van der Waals surface area contributed by atoms with Crippen LogP contribution in [0.25, 0.3) is 11.3 Å². The number of anilines is 2. The van der Waals surface area contributed by atoms with Crippen LogP contribution in [0.3, 0.4) is 0 Å². The number of nitrogens with zero attached hydrogens (tertiary/aromatic N) is 4. The fraction of sp³-hybridized carbons (Fsp3) is 0.280. The van der Waals surface area contributed by atoms with Gasteiger partial charge in [-0.1, -0.05) is 30.0 Å². The van der Waals surface area contributed by atoms with Gasteiger partial charge in [0.2, 0.25) is 5.91 Å². The van der Waals surface area contributed by atoms with Crippen LogP contribution in [0, 0.1) is 11.3 Å². The first-order valence-electron chi connectivity index (χ1n) is 11.0. The van der Waals surface area contributed by atoms with Crippen LogP contribution in [0.5, 0.6) is 0 Å². The van der Waals surface area contributed by atoms with Crippen molar-refractivity contribution >= 4 is 35.3 Å². The van der Waals surface area contributed by atoms with Gasteiger partial charge in [0.15, 0.2) is 5.16 Å². The molecule has 0 aliphatic rings. The molecule has 36 heavy (non-hydrogen) atoms. The maximum absolute atomic E-state index is 11.9. The number of rotatable bonds is 7. The molecule has 1 aromatic carbocycles. The van der Waals surface area contributed by atoms with E-state index in [9.17, 15) is 14.9 Å². The van der Waals surface area contributed by atoms with Crippen molar-refractivity contribution in [3.05, 3.63) is 59.4 Å². The second-order valence-corrected chi connectivity index (χ2v) is 9.69. The molecule has 0 saturated heterocycles. The topological polar surface area (TPSA) is 156 Å². The zero-order valence-corrected chi connectivity index (χ0v) is 21.3. The summed E-state index contributed by atoms with van der Waals surface area (Å²) in [5, 5.41) is 15.4. The highest BCUT2D eigenvalue weighted by Crippen LogP contribution is 2.29. The molecule has 0 aliphatic heterocycles. The minimum atomic E-state index is -0.578. The highest BCUT2D eigenvalue weighted by atomic mass is 32.2. The molecule has 0 unspecified atom stereocenters. The normalized spacial score (nSPS) is 10.9. The molecular weight excluding hydrogens is 478 g/mol. The van der Waals surface area contributed by atoms with Crippen molar-refractivity contribution in [2.45, 2.75) is 50.8 Å². The van der Waals surface area contributed by atoms with Gasteiger partial charge in [0.1, 0.15) is 23.1 Å². The van der Waals surface area contributed by atoms with Gasteiger partial charge in [-0.3, -0.25) is 9.78 Å². The predicted molar refractivity (Wildman–Crippen MR) is 138 cm³/mol. The second kappa shape index (κ2) is 11.5. The third-order valence-electron chi connectivity index (χ3n) is 4.53. The van der Waals surface area contributed by atoms with Gasteiger partial charge in [-0.25, -0.2) is 14.8 Å². The van der Waals surface area contributed by atoms with Crippen LogP contribution in [0.15, 0.2) is 47.6 Å². The number of alkyl carbamates (subject to hydrolysis) is 1. The number of hydrogen-bond acceptors (Lipinski definition) is 9. The molecule has 0 bridgehead atoms. The third-order valence-corrected chi connectivity index (χ3v) is 5.41. The van der Waals surface area contributed by atoms with Crippen LogP contribution >= 0.6 is 11.8 Å². The Kier molecular flexibility index (Phi) is 8.45. The molecule has 0 spiro atoms. The maximum Gasteiger partial charge on any atom is 0.407 e. The van der Waals surface area contributed by atoms with E-state index in [2.05, 4.69) is 31.7 Å². The molecule has 4 N–H and O–H groups in total. The lowest BCUT2D eigenvalue weighted by Crippen LogP contribution is -2.32. The van der Waals surface area contributed by atoms with Gasteiger partial charge < -0.3 is 21.1 Å². The lowest BCUT2D eigenvalue weighted by atomic mass is 10.1. The van der Waals surface area contributed by atoms with Gasteiger partial charge in [-0.05, 0) is 45.0 Å². The first-order valence-corrected chi connectivity index (χ1v) is 12.0. The van der Waals surface area contributed by atoms with E-state index in [-0.39, 0.29) is 23.8 Å². The molecule has 10 nitrogen and oxygen atoms in total. The average Bonchev–Trinajstić information content (AvgIpc) is 2.80. The fourth-order valence-electron chi connectivity index (χ4n) is 3.08. The Balaban J connectivity index is 1.72. The number of nitriles is 1. The van der Waals surface area contributed by atoms with E-state index in [4.69, 9.17) is 10.5 Å². The number of hydrogen-bond donors (Lipinski definition) is 3. The smallest absolute Gasteiger partial charge is 0.407 e. The van der Waals surface area contributed by atoms with Crippen molar-refractivity contribution in [1.29, 1.82) is 5.26 Å². The Morgan fingerprint density at radius 3 is 2.42 bits per heavy atom. The molecule has 3 aromatic rings. The summed E-state index contributed by atoms with van der Waals surface area (Å²) < 4.78 is 5.24. The Morgan fingerprint density at radius 1 is 1.08 bits per heavy atom. The largest absolute Gasteiger partial charge is 0.444 e. The zero-order valence-electron chi connectivity index (χ0n) is 20.5. The number of pyridine rings is 1. The van der Waals surface area contributed by atoms with Crippen LogP contribution in [-0.2, 0) is 21.8 Å². The summed E-state index contributed by atoms with van der Waals surface area (Å²) in [5.74, 6) is 0.356. The highest BCUT2D eigenvalue weighted by molar-refractivity contribution is 7.98. The van der Waals surface area contributed by atoms with Gasteiger partial charge in [0, 0.05) is 23.9 Å². The lowest BCUT2D eigenvalue weighted by molar-refractivity contribution is -0.114. The van der Waals surface area contributed by atoms with E-state index in [0.717, 1.165) is 5.69 Å². The number of nitrogen functional groups attached to an aromatic ring is 1. The number of carbonyl (C=O) groups is 2. The van der Waals surface area contributed by atoms with Crippen LogP contribution in [-0.4, -0.2) is 32.6 Å².